The van der Waals surface area contributed by atoms with Crippen molar-refractivity contribution in [2.75, 3.05) is 0 Å². The molecule has 0 aliphatic rings. The van der Waals surface area contributed by atoms with Gasteiger partial charge in [0.2, 0.25) is 0 Å². The molecule has 0 amide bonds. The molecule has 0 aliphatic heterocycles. The second-order valence-electron chi connectivity index (χ2n) is 2.90. The van der Waals surface area contributed by atoms with E-state index >= 15 is 0 Å². The molecule has 3 N–H and O–H groups in total. The fourth-order valence-electron chi connectivity index (χ4n) is 0.975. The highest BCUT2D eigenvalue weighted by Gasteiger charge is 2.10. The molecule has 1 rings (SSSR count). The van der Waals surface area contributed by atoms with E-state index in [-0.39, 0.29) is 6.04 Å². The van der Waals surface area contributed by atoms with Crippen molar-refractivity contribution >= 4 is 12.6 Å². The maximum atomic E-state index is 9.54. The van der Waals surface area contributed by atoms with Crippen molar-refractivity contribution in [3.8, 4) is 0 Å². The van der Waals surface area contributed by atoms with Gasteiger partial charge >= 0.3 is 0 Å². The molecule has 0 heterocycles. The van der Waals surface area contributed by atoms with Gasteiger partial charge in [-0.25, -0.2) is 0 Å². The fraction of sp³-hybridized carbons (Fsp3) is 0.333. The molecule has 0 bridgehead atoms. The summed E-state index contributed by atoms with van der Waals surface area (Å²) in [6.45, 7) is 1.78. The van der Waals surface area contributed by atoms with Gasteiger partial charge in [-0.05, 0) is 24.6 Å². The van der Waals surface area contributed by atoms with E-state index in [1.165, 1.54) is 0 Å². The van der Waals surface area contributed by atoms with Crippen LogP contribution in [0.15, 0.2) is 29.2 Å². The van der Waals surface area contributed by atoms with Crippen LogP contribution in [0.1, 0.15) is 18.6 Å². The van der Waals surface area contributed by atoms with Gasteiger partial charge in [0, 0.05) is 10.9 Å². The molecule has 2 unspecified atom stereocenters. The van der Waals surface area contributed by atoms with Gasteiger partial charge in [-0.1, -0.05) is 12.1 Å². The molecule has 0 fully saturated rings. The Bertz CT molecular complexity index is 245. The second-order valence-corrected chi connectivity index (χ2v) is 3.41. The summed E-state index contributed by atoms with van der Waals surface area (Å²) in [4.78, 5) is 0.885. The number of aliphatic hydroxyl groups is 1. The number of thiol groups is 1. The van der Waals surface area contributed by atoms with E-state index in [2.05, 4.69) is 12.6 Å². The van der Waals surface area contributed by atoms with E-state index in [1.807, 2.05) is 24.3 Å². The fourth-order valence-corrected chi connectivity index (χ4v) is 1.12. The molecule has 0 aliphatic carbocycles. The summed E-state index contributed by atoms with van der Waals surface area (Å²) in [5.74, 6) is 0. The van der Waals surface area contributed by atoms with Crippen molar-refractivity contribution in [2.45, 2.75) is 24.0 Å². The number of hydrogen-bond donors (Lipinski definition) is 3. The summed E-state index contributed by atoms with van der Waals surface area (Å²) in [6, 6.07) is 7.09. The third-order valence-corrected chi connectivity index (χ3v) is 2.03. The molecule has 12 heavy (non-hydrogen) atoms. The van der Waals surface area contributed by atoms with Crippen LogP contribution in [0.2, 0.25) is 0 Å². The smallest absolute Gasteiger partial charge is 0.0938 e. The van der Waals surface area contributed by atoms with Crippen LogP contribution in [0.4, 0.5) is 0 Å². The third-order valence-electron chi connectivity index (χ3n) is 1.73. The quantitative estimate of drug-likeness (QED) is 0.606. The van der Waals surface area contributed by atoms with Crippen LogP contribution in [-0.2, 0) is 0 Å². The van der Waals surface area contributed by atoms with Crippen LogP contribution in [0.25, 0.3) is 0 Å². The Morgan fingerprint density at radius 1 is 1.33 bits per heavy atom. The first-order valence-electron chi connectivity index (χ1n) is 3.84. The van der Waals surface area contributed by atoms with Crippen molar-refractivity contribution in [1.82, 2.24) is 0 Å². The van der Waals surface area contributed by atoms with Gasteiger partial charge < -0.3 is 10.8 Å². The number of benzene rings is 1. The average molecular weight is 183 g/mol. The van der Waals surface area contributed by atoms with Gasteiger partial charge in [0.15, 0.2) is 0 Å². The predicted octanol–water partition coefficient (Wildman–Crippen LogP) is 1.36. The molecule has 2 nitrogen and oxygen atoms in total. The minimum absolute atomic E-state index is 0.240. The first kappa shape index (κ1) is 9.58. The van der Waals surface area contributed by atoms with Crippen molar-refractivity contribution in [1.29, 1.82) is 0 Å². The molecule has 0 saturated heterocycles. The first-order valence-corrected chi connectivity index (χ1v) is 4.28. The maximum Gasteiger partial charge on any atom is 0.0938 e. The summed E-state index contributed by atoms with van der Waals surface area (Å²) in [5.41, 5.74) is 6.37. The van der Waals surface area contributed by atoms with Crippen molar-refractivity contribution in [2.24, 2.45) is 5.73 Å². The Morgan fingerprint density at radius 3 is 2.25 bits per heavy atom. The normalized spacial score (nSPS) is 15.7. The lowest BCUT2D eigenvalue weighted by molar-refractivity contribution is 0.153. The lowest BCUT2D eigenvalue weighted by Crippen LogP contribution is -2.24. The molecule has 66 valence electrons. The average Bonchev–Trinajstić information content (AvgIpc) is 2.04. The number of nitrogens with two attached hydrogens (primary N) is 1. The molecule has 0 spiro atoms. The van der Waals surface area contributed by atoms with Gasteiger partial charge in [-0.15, -0.1) is 12.6 Å². The predicted molar refractivity (Wildman–Crippen MR) is 52.3 cm³/mol. The number of hydrogen-bond acceptors (Lipinski definition) is 3. The molecule has 0 saturated carbocycles. The minimum Gasteiger partial charge on any atom is -0.387 e. The van der Waals surface area contributed by atoms with E-state index in [0.717, 1.165) is 10.5 Å². The summed E-state index contributed by atoms with van der Waals surface area (Å²) < 4.78 is 0. The Kier molecular flexibility index (Phi) is 3.14. The van der Waals surface area contributed by atoms with Gasteiger partial charge in [-0.2, -0.15) is 0 Å². The molecule has 0 radical (unpaired) electrons. The summed E-state index contributed by atoms with van der Waals surface area (Å²) in [7, 11) is 0. The zero-order valence-corrected chi connectivity index (χ0v) is 7.83. The van der Waals surface area contributed by atoms with Crippen LogP contribution < -0.4 is 5.73 Å². The highest BCUT2D eigenvalue weighted by molar-refractivity contribution is 7.80. The van der Waals surface area contributed by atoms with Crippen molar-refractivity contribution in [3.63, 3.8) is 0 Å². The maximum absolute atomic E-state index is 9.54. The van der Waals surface area contributed by atoms with E-state index in [4.69, 9.17) is 5.73 Å². The highest BCUT2D eigenvalue weighted by Crippen LogP contribution is 2.17. The van der Waals surface area contributed by atoms with Gasteiger partial charge in [0.25, 0.3) is 0 Å². The van der Waals surface area contributed by atoms with Crippen molar-refractivity contribution in [3.05, 3.63) is 29.8 Å². The third kappa shape index (κ3) is 2.24. The summed E-state index contributed by atoms with van der Waals surface area (Å²) in [5, 5.41) is 9.54. The zero-order valence-electron chi connectivity index (χ0n) is 6.94. The largest absolute Gasteiger partial charge is 0.387 e. The highest BCUT2D eigenvalue weighted by atomic mass is 32.1. The Labute approximate surface area is 77.8 Å². The Morgan fingerprint density at radius 2 is 1.83 bits per heavy atom. The molecule has 0 aromatic heterocycles. The van der Waals surface area contributed by atoms with Crippen LogP contribution in [-0.4, -0.2) is 11.1 Å². The Hall–Kier alpha value is -0.510. The number of aliphatic hydroxyl groups excluding tert-OH is 1. The topological polar surface area (TPSA) is 46.2 Å². The molecule has 1 aromatic rings. The molecule has 2 atom stereocenters. The van der Waals surface area contributed by atoms with Crippen LogP contribution in [0.3, 0.4) is 0 Å². The standard InChI is InChI=1S/C9H13NOS/c1-6(10)9(11)7-2-4-8(12)5-3-7/h2-6,9,11-12H,10H2,1H3. The van der Waals surface area contributed by atoms with E-state index in [1.54, 1.807) is 6.92 Å². The molecular weight excluding hydrogens is 170 g/mol. The summed E-state index contributed by atoms with van der Waals surface area (Å²) >= 11 is 4.14. The van der Waals surface area contributed by atoms with E-state index in [0.29, 0.717) is 0 Å². The van der Waals surface area contributed by atoms with Crippen molar-refractivity contribution < 1.29 is 5.11 Å². The van der Waals surface area contributed by atoms with Crippen LogP contribution in [0.5, 0.6) is 0 Å². The first-order chi connectivity index (χ1) is 5.61. The summed E-state index contributed by atoms with van der Waals surface area (Å²) in [6.07, 6.45) is -0.584. The second kappa shape index (κ2) is 3.94. The SMILES string of the molecule is CC(N)C(O)c1ccc(S)cc1. The molecule has 3 heteroatoms. The van der Waals surface area contributed by atoms with Gasteiger partial charge in [0.05, 0.1) is 6.10 Å². The monoisotopic (exact) mass is 183 g/mol. The lowest BCUT2D eigenvalue weighted by Gasteiger charge is -2.14. The van der Waals surface area contributed by atoms with E-state index < -0.39 is 6.10 Å². The lowest BCUT2D eigenvalue weighted by atomic mass is 10.0. The van der Waals surface area contributed by atoms with Crippen LogP contribution >= 0.6 is 12.6 Å². The molecule has 1 aromatic carbocycles. The Balaban J connectivity index is 2.82. The van der Waals surface area contributed by atoms with Crippen LogP contribution in [0, 0.1) is 0 Å². The number of rotatable bonds is 2. The minimum atomic E-state index is -0.584. The zero-order chi connectivity index (χ0) is 9.14. The van der Waals surface area contributed by atoms with Gasteiger partial charge in [-0.3, -0.25) is 0 Å². The van der Waals surface area contributed by atoms with Gasteiger partial charge in [0.1, 0.15) is 0 Å². The van der Waals surface area contributed by atoms with E-state index in [9.17, 15) is 5.11 Å². The molecular formula is C9H13NOS.